The maximum atomic E-state index is 13.0. The smallest absolute Gasteiger partial charge is 0.124 e. The molecule has 0 unspecified atom stereocenters. The van der Waals surface area contributed by atoms with E-state index >= 15 is 0 Å². The second kappa shape index (κ2) is 4.42. The molecule has 2 nitrogen and oxygen atoms in total. The van der Waals surface area contributed by atoms with Gasteiger partial charge in [-0.25, -0.2) is 4.39 Å². The van der Waals surface area contributed by atoms with Gasteiger partial charge < -0.3 is 10.8 Å². The highest BCUT2D eigenvalue weighted by atomic mass is 19.1. The molecule has 0 bridgehead atoms. The summed E-state index contributed by atoms with van der Waals surface area (Å²) in [7, 11) is 0. The van der Waals surface area contributed by atoms with E-state index < -0.39 is 0 Å². The Morgan fingerprint density at radius 2 is 2.14 bits per heavy atom. The van der Waals surface area contributed by atoms with Crippen LogP contribution in [0.25, 0.3) is 0 Å². The van der Waals surface area contributed by atoms with E-state index in [9.17, 15) is 9.50 Å². The van der Waals surface area contributed by atoms with Gasteiger partial charge in [0.25, 0.3) is 0 Å². The normalized spacial score (nSPS) is 12.9. The summed E-state index contributed by atoms with van der Waals surface area (Å²) < 4.78 is 13.0. The van der Waals surface area contributed by atoms with Crippen molar-refractivity contribution in [3.63, 3.8) is 0 Å². The van der Waals surface area contributed by atoms with Gasteiger partial charge in [-0.3, -0.25) is 0 Å². The van der Waals surface area contributed by atoms with Gasteiger partial charge in [0.1, 0.15) is 11.6 Å². The van der Waals surface area contributed by atoms with Crippen LogP contribution in [-0.4, -0.2) is 5.11 Å². The van der Waals surface area contributed by atoms with Crippen LogP contribution < -0.4 is 5.73 Å². The Morgan fingerprint density at radius 3 is 2.71 bits per heavy atom. The lowest BCUT2D eigenvalue weighted by Crippen LogP contribution is -2.10. The van der Waals surface area contributed by atoms with Crippen molar-refractivity contribution < 1.29 is 9.50 Å². The van der Waals surface area contributed by atoms with E-state index in [1.165, 1.54) is 12.1 Å². The van der Waals surface area contributed by atoms with E-state index in [1.54, 1.807) is 6.92 Å². The molecule has 3 N–H and O–H groups in total. The third-order valence-electron chi connectivity index (χ3n) is 2.29. The van der Waals surface area contributed by atoms with Gasteiger partial charge in [0.15, 0.2) is 0 Å². The van der Waals surface area contributed by atoms with Gasteiger partial charge in [0.2, 0.25) is 0 Å². The molecular weight excluding hydrogens is 181 g/mol. The average Bonchev–Trinajstić information content (AvgIpc) is 2.11. The highest BCUT2D eigenvalue weighted by molar-refractivity contribution is 5.41. The summed E-state index contributed by atoms with van der Waals surface area (Å²) >= 11 is 0. The molecule has 3 heteroatoms. The monoisotopic (exact) mass is 197 g/mol. The van der Waals surface area contributed by atoms with Crippen molar-refractivity contribution in [3.8, 4) is 5.75 Å². The third kappa shape index (κ3) is 2.23. The number of halogens is 1. The first-order valence-corrected chi connectivity index (χ1v) is 4.80. The van der Waals surface area contributed by atoms with Crippen LogP contribution in [0.1, 0.15) is 36.9 Å². The Labute approximate surface area is 83.6 Å². The summed E-state index contributed by atoms with van der Waals surface area (Å²) in [4.78, 5) is 0. The largest absolute Gasteiger partial charge is 0.507 e. The molecule has 0 fully saturated rings. The predicted molar refractivity (Wildman–Crippen MR) is 54.6 cm³/mol. The van der Waals surface area contributed by atoms with Crippen LogP contribution in [0, 0.1) is 12.7 Å². The Balaban J connectivity index is 3.07. The zero-order valence-corrected chi connectivity index (χ0v) is 8.55. The van der Waals surface area contributed by atoms with Gasteiger partial charge in [0.05, 0.1) is 0 Å². The van der Waals surface area contributed by atoms with E-state index in [2.05, 4.69) is 0 Å². The number of benzene rings is 1. The SMILES string of the molecule is CCC[C@@H](N)c1cc(F)cc(C)c1O. The molecule has 0 saturated carbocycles. The van der Waals surface area contributed by atoms with Crippen molar-refractivity contribution >= 4 is 0 Å². The second-order valence-electron chi connectivity index (χ2n) is 3.56. The molecule has 0 heterocycles. The van der Waals surface area contributed by atoms with E-state index in [4.69, 9.17) is 5.73 Å². The summed E-state index contributed by atoms with van der Waals surface area (Å²) in [5.74, 6) is -0.228. The number of rotatable bonds is 3. The fourth-order valence-electron chi connectivity index (χ4n) is 1.51. The van der Waals surface area contributed by atoms with Crippen molar-refractivity contribution in [1.82, 2.24) is 0 Å². The number of phenolic OH excluding ortho intramolecular Hbond substituents is 1. The standard InChI is InChI=1S/C11H16FNO/c1-3-4-10(13)9-6-8(12)5-7(2)11(9)14/h5-6,10,14H,3-4,13H2,1-2H3/t10-/m1/s1. The number of aryl methyl sites for hydroxylation is 1. The lowest BCUT2D eigenvalue weighted by atomic mass is 10.00. The topological polar surface area (TPSA) is 46.2 Å². The van der Waals surface area contributed by atoms with Crippen molar-refractivity contribution in [2.24, 2.45) is 5.73 Å². The molecule has 1 rings (SSSR count). The maximum Gasteiger partial charge on any atom is 0.124 e. The summed E-state index contributed by atoms with van der Waals surface area (Å²) in [6.45, 7) is 3.67. The van der Waals surface area contributed by atoms with E-state index in [-0.39, 0.29) is 17.6 Å². The number of aromatic hydroxyl groups is 1. The molecule has 1 atom stereocenters. The van der Waals surface area contributed by atoms with Gasteiger partial charge in [-0.1, -0.05) is 13.3 Å². The molecule has 0 amide bonds. The lowest BCUT2D eigenvalue weighted by Gasteiger charge is -2.14. The van der Waals surface area contributed by atoms with Gasteiger partial charge >= 0.3 is 0 Å². The first-order chi connectivity index (χ1) is 6.56. The highest BCUT2D eigenvalue weighted by Crippen LogP contribution is 2.29. The van der Waals surface area contributed by atoms with Crippen molar-refractivity contribution in [2.75, 3.05) is 0 Å². The Bertz CT molecular complexity index is 325. The molecule has 14 heavy (non-hydrogen) atoms. The van der Waals surface area contributed by atoms with E-state index in [0.717, 1.165) is 12.8 Å². The minimum atomic E-state index is -0.346. The van der Waals surface area contributed by atoms with Crippen LogP contribution in [0.3, 0.4) is 0 Å². The van der Waals surface area contributed by atoms with Crippen molar-refractivity contribution in [1.29, 1.82) is 0 Å². The molecule has 0 aromatic heterocycles. The Morgan fingerprint density at radius 1 is 1.50 bits per heavy atom. The lowest BCUT2D eigenvalue weighted by molar-refractivity contribution is 0.450. The maximum absolute atomic E-state index is 13.0. The molecule has 1 aromatic carbocycles. The van der Waals surface area contributed by atoms with Gasteiger partial charge in [-0.2, -0.15) is 0 Å². The van der Waals surface area contributed by atoms with Crippen molar-refractivity contribution in [3.05, 3.63) is 29.1 Å². The van der Waals surface area contributed by atoms with E-state index in [0.29, 0.717) is 11.1 Å². The van der Waals surface area contributed by atoms with Crippen LogP contribution in [0.15, 0.2) is 12.1 Å². The minimum absolute atomic E-state index is 0.118. The van der Waals surface area contributed by atoms with Crippen LogP contribution in [-0.2, 0) is 0 Å². The molecule has 0 spiro atoms. The second-order valence-corrected chi connectivity index (χ2v) is 3.56. The first-order valence-electron chi connectivity index (χ1n) is 4.80. The summed E-state index contributed by atoms with van der Waals surface area (Å²) in [5, 5.41) is 9.67. The zero-order valence-electron chi connectivity index (χ0n) is 8.55. The first kappa shape index (κ1) is 11.0. The van der Waals surface area contributed by atoms with Gasteiger partial charge in [0, 0.05) is 11.6 Å². The van der Waals surface area contributed by atoms with Crippen LogP contribution in [0.5, 0.6) is 5.75 Å². The molecule has 0 radical (unpaired) electrons. The van der Waals surface area contributed by atoms with Crippen molar-refractivity contribution in [2.45, 2.75) is 32.7 Å². The summed E-state index contributed by atoms with van der Waals surface area (Å²) in [6, 6.07) is 2.33. The number of hydrogen-bond donors (Lipinski definition) is 2. The fraction of sp³-hybridized carbons (Fsp3) is 0.455. The third-order valence-corrected chi connectivity index (χ3v) is 2.29. The van der Waals surface area contributed by atoms with Crippen LogP contribution in [0.2, 0.25) is 0 Å². The summed E-state index contributed by atoms with van der Waals surface area (Å²) in [6.07, 6.45) is 1.66. The molecule has 0 saturated heterocycles. The van der Waals surface area contributed by atoms with Crippen LogP contribution in [0.4, 0.5) is 4.39 Å². The zero-order chi connectivity index (χ0) is 10.7. The Hall–Kier alpha value is -1.09. The number of phenols is 1. The molecule has 0 aliphatic heterocycles. The molecular formula is C11H16FNO. The highest BCUT2D eigenvalue weighted by Gasteiger charge is 2.13. The van der Waals surface area contributed by atoms with E-state index in [1.807, 2.05) is 6.92 Å². The fourth-order valence-corrected chi connectivity index (χ4v) is 1.51. The number of nitrogens with two attached hydrogens (primary N) is 1. The van der Waals surface area contributed by atoms with Gasteiger partial charge in [-0.05, 0) is 31.0 Å². The predicted octanol–water partition coefficient (Wildman–Crippen LogP) is 2.64. The van der Waals surface area contributed by atoms with Crippen LogP contribution >= 0.6 is 0 Å². The quantitative estimate of drug-likeness (QED) is 0.782. The number of hydrogen-bond acceptors (Lipinski definition) is 2. The molecule has 0 aliphatic carbocycles. The Kier molecular flexibility index (Phi) is 3.47. The summed E-state index contributed by atoms with van der Waals surface area (Å²) in [5.41, 5.74) is 6.86. The molecule has 0 aliphatic rings. The average molecular weight is 197 g/mol. The minimum Gasteiger partial charge on any atom is -0.507 e. The molecule has 78 valence electrons. The molecule has 1 aromatic rings. The van der Waals surface area contributed by atoms with Gasteiger partial charge in [-0.15, -0.1) is 0 Å².